The van der Waals surface area contributed by atoms with Gasteiger partial charge >= 0.3 is 0 Å². The van der Waals surface area contributed by atoms with Crippen molar-refractivity contribution in [3.63, 3.8) is 0 Å². The molecule has 0 aromatic rings. The topological polar surface area (TPSA) is 9.23 Å². The molecule has 0 aromatic carbocycles. The standard InChI is InChI=1S/C30H49FO/c1-20(2)22(13-17-32-19-31)7-6-21(3)25-8-9-26-24-11-16-30-18-23(30)10-15-29(30,5)27(24)12-14-28(25,26)4/h21,23-27H,6-19H2,1-5H3/t21-,23?,24+,25-,26+,27+,28-,29-,30?/m1/s1. The van der Waals surface area contributed by atoms with E-state index in [-0.39, 0.29) is 0 Å². The van der Waals surface area contributed by atoms with E-state index in [2.05, 4.69) is 34.6 Å². The van der Waals surface area contributed by atoms with Crippen molar-refractivity contribution in [3.05, 3.63) is 11.1 Å². The molecule has 0 amide bonds. The number of alkyl halides is 1. The van der Waals surface area contributed by atoms with Crippen LogP contribution in [0.1, 0.15) is 112 Å². The van der Waals surface area contributed by atoms with Crippen molar-refractivity contribution in [1.29, 1.82) is 0 Å². The predicted octanol–water partition coefficient (Wildman–Crippen LogP) is 8.73. The number of rotatable bonds is 8. The van der Waals surface area contributed by atoms with Crippen LogP contribution in [0.25, 0.3) is 0 Å². The van der Waals surface area contributed by atoms with E-state index in [9.17, 15) is 4.39 Å². The van der Waals surface area contributed by atoms with E-state index < -0.39 is 6.86 Å². The molecule has 0 bridgehead atoms. The zero-order chi connectivity index (χ0) is 22.7. The highest BCUT2D eigenvalue weighted by Gasteiger charge is 2.73. The fourth-order valence-electron chi connectivity index (χ4n) is 10.7. The summed E-state index contributed by atoms with van der Waals surface area (Å²) in [6, 6.07) is 0. The molecule has 5 fully saturated rings. The van der Waals surface area contributed by atoms with Crippen LogP contribution < -0.4 is 0 Å². The average Bonchev–Trinajstić information content (AvgIpc) is 3.24. The summed E-state index contributed by atoms with van der Waals surface area (Å²) in [5, 5.41) is 0. The van der Waals surface area contributed by atoms with Gasteiger partial charge in [0.25, 0.3) is 0 Å². The van der Waals surface area contributed by atoms with E-state index in [1.165, 1.54) is 49.7 Å². The third-order valence-electron chi connectivity index (χ3n) is 12.6. The molecule has 5 saturated carbocycles. The molecule has 2 unspecified atom stereocenters. The van der Waals surface area contributed by atoms with Crippen LogP contribution in [0.4, 0.5) is 4.39 Å². The largest absolute Gasteiger partial charge is 0.350 e. The van der Waals surface area contributed by atoms with Gasteiger partial charge in [-0.15, -0.1) is 0 Å². The van der Waals surface area contributed by atoms with E-state index in [1.807, 2.05) is 0 Å². The summed E-state index contributed by atoms with van der Waals surface area (Å²) in [6.45, 7) is 12.3. The van der Waals surface area contributed by atoms with Crippen molar-refractivity contribution in [2.24, 2.45) is 51.8 Å². The smallest absolute Gasteiger partial charge is 0.188 e. The Morgan fingerprint density at radius 3 is 2.50 bits per heavy atom. The Hall–Kier alpha value is -0.370. The van der Waals surface area contributed by atoms with E-state index in [1.54, 1.807) is 32.1 Å². The molecule has 0 radical (unpaired) electrons. The number of allylic oxidation sites excluding steroid dienone is 1. The maximum absolute atomic E-state index is 12.4. The summed E-state index contributed by atoms with van der Waals surface area (Å²) in [4.78, 5) is 0. The molecule has 9 atom stereocenters. The molecular formula is C30H49FO. The Bertz CT molecular complexity index is 739. The Morgan fingerprint density at radius 1 is 0.969 bits per heavy atom. The van der Waals surface area contributed by atoms with Gasteiger partial charge in [-0.05, 0) is 143 Å². The van der Waals surface area contributed by atoms with E-state index in [0.717, 1.165) is 47.3 Å². The average molecular weight is 445 g/mol. The second kappa shape index (κ2) is 8.39. The van der Waals surface area contributed by atoms with Gasteiger partial charge in [-0.2, -0.15) is 0 Å². The zero-order valence-corrected chi connectivity index (χ0v) is 21.6. The summed E-state index contributed by atoms with van der Waals surface area (Å²) in [6.07, 6.45) is 17.1. The van der Waals surface area contributed by atoms with Crippen LogP contribution in [-0.4, -0.2) is 13.5 Å². The van der Waals surface area contributed by atoms with E-state index in [0.29, 0.717) is 17.4 Å². The Labute approximate surface area is 197 Å². The summed E-state index contributed by atoms with van der Waals surface area (Å²) < 4.78 is 17.4. The molecule has 182 valence electrons. The van der Waals surface area contributed by atoms with Crippen molar-refractivity contribution in [1.82, 2.24) is 0 Å². The quantitative estimate of drug-likeness (QED) is 0.268. The van der Waals surface area contributed by atoms with Gasteiger partial charge < -0.3 is 4.74 Å². The molecule has 2 heteroatoms. The fourth-order valence-corrected chi connectivity index (χ4v) is 10.7. The summed E-state index contributed by atoms with van der Waals surface area (Å²) in [7, 11) is 0. The molecule has 5 aliphatic rings. The lowest BCUT2D eigenvalue weighted by Gasteiger charge is -2.59. The molecule has 0 heterocycles. The minimum Gasteiger partial charge on any atom is -0.350 e. The van der Waals surface area contributed by atoms with Gasteiger partial charge in [0.15, 0.2) is 6.86 Å². The normalized spacial score (nSPS) is 47.2. The molecular weight excluding hydrogens is 395 g/mol. The number of fused-ring (bicyclic) bond motifs is 4. The molecule has 5 rings (SSSR count). The Balaban J connectivity index is 1.24. The first-order valence-electron chi connectivity index (χ1n) is 14.1. The molecule has 1 spiro atoms. The summed E-state index contributed by atoms with van der Waals surface area (Å²) in [5.74, 6) is 5.84. The Kier molecular flexibility index (Phi) is 6.13. The van der Waals surface area contributed by atoms with Crippen molar-refractivity contribution < 1.29 is 9.13 Å². The number of hydrogen-bond donors (Lipinski definition) is 0. The minimum absolute atomic E-state index is 0.527. The van der Waals surface area contributed by atoms with Gasteiger partial charge in [-0.1, -0.05) is 31.9 Å². The van der Waals surface area contributed by atoms with Crippen molar-refractivity contribution >= 4 is 0 Å². The van der Waals surface area contributed by atoms with Crippen LogP contribution >= 0.6 is 0 Å². The van der Waals surface area contributed by atoms with Crippen LogP contribution in [-0.2, 0) is 4.74 Å². The first-order chi connectivity index (χ1) is 15.3. The maximum Gasteiger partial charge on any atom is 0.188 e. The van der Waals surface area contributed by atoms with Gasteiger partial charge in [-0.3, -0.25) is 0 Å². The fraction of sp³-hybridized carbons (Fsp3) is 0.933. The van der Waals surface area contributed by atoms with Gasteiger partial charge in [0.2, 0.25) is 0 Å². The zero-order valence-electron chi connectivity index (χ0n) is 21.6. The third kappa shape index (κ3) is 3.39. The first-order valence-corrected chi connectivity index (χ1v) is 14.1. The lowest BCUT2D eigenvalue weighted by Crippen LogP contribution is -2.52. The van der Waals surface area contributed by atoms with Gasteiger partial charge in [-0.25, -0.2) is 4.39 Å². The first kappa shape index (κ1) is 23.4. The second-order valence-corrected chi connectivity index (χ2v) is 13.5. The van der Waals surface area contributed by atoms with Crippen molar-refractivity contribution in [2.45, 2.75) is 112 Å². The molecule has 32 heavy (non-hydrogen) atoms. The van der Waals surface area contributed by atoms with Gasteiger partial charge in [0, 0.05) is 0 Å². The highest BCUT2D eigenvalue weighted by molar-refractivity contribution is 5.22. The van der Waals surface area contributed by atoms with Crippen LogP contribution in [0.3, 0.4) is 0 Å². The van der Waals surface area contributed by atoms with Crippen LogP contribution in [0.5, 0.6) is 0 Å². The highest BCUT2D eigenvalue weighted by Crippen LogP contribution is 2.81. The lowest BCUT2D eigenvalue weighted by atomic mass is 9.46. The summed E-state index contributed by atoms with van der Waals surface area (Å²) in [5.41, 5.74) is 4.96. The number of halogens is 1. The molecule has 0 aliphatic heterocycles. The molecule has 0 aromatic heterocycles. The van der Waals surface area contributed by atoms with Crippen LogP contribution in [0, 0.1) is 51.8 Å². The van der Waals surface area contributed by atoms with E-state index >= 15 is 0 Å². The van der Waals surface area contributed by atoms with Gasteiger partial charge in [0.05, 0.1) is 6.61 Å². The molecule has 0 saturated heterocycles. The van der Waals surface area contributed by atoms with Gasteiger partial charge in [0.1, 0.15) is 0 Å². The third-order valence-corrected chi connectivity index (χ3v) is 12.6. The molecule has 5 aliphatic carbocycles. The van der Waals surface area contributed by atoms with Crippen LogP contribution in [0.2, 0.25) is 0 Å². The molecule has 0 N–H and O–H groups in total. The highest BCUT2D eigenvalue weighted by atomic mass is 19.1. The number of ether oxygens (including phenoxy) is 1. The lowest BCUT2D eigenvalue weighted by molar-refractivity contribution is -0.104. The number of hydrogen-bond acceptors (Lipinski definition) is 1. The monoisotopic (exact) mass is 444 g/mol. The Morgan fingerprint density at radius 2 is 1.78 bits per heavy atom. The van der Waals surface area contributed by atoms with Crippen molar-refractivity contribution in [2.75, 3.05) is 13.5 Å². The van der Waals surface area contributed by atoms with Crippen LogP contribution in [0.15, 0.2) is 11.1 Å². The predicted molar refractivity (Wildman–Crippen MR) is 131 cm³/mol. The summed E-state index contributed by atoms with van der Waals surface area (Å²) >= 11 is 0. The SMILES string of the molecule is CC(C)=C(CCOCF)CC[C@@H](C)[C@H]1CC[C@H]2[C@@H]3CCC45CC4CC[C@]5(C)[C@H]3CC[C@]12C. The van der Waals surface area contributed by atoms with Crippen molar-refractivity contribution in [3.8, 4) is 0 Å². The molecule has 1 nitrogen and oxygen atoms in total. The maximum atomic E-state index is 12.4. The minimum atomic E-state index is -0.656. The van der Waals surface area contributed by atoms with E-state index in [4.69, 9.17) is 4.74 Å². The second-order valence-electron chi connectivity index (χ2n) is 13.5.